The number of rotatable bonds is 2. The van der Waals surface area contributed by atoms with Crippen molar-refractivity contribution in [1.29, 1.82) is 0 Å². The van der Waals surface area contributed by atoms with Gasteiger partial charge in [0.25, 0.3) is 0 Å². The number of anilines is 1. The van der Waals surface area contributed by atoms with Crippen molar-refractivity contribution in [3.8, 4) is 0 Å². The standard InChI is InChI=1S/C18H21Cl2N5O/c1-23-16-11-12(5-6-15(16)21-22-23)18(26)25-9-7-24(8-10-25)17-13(19)3-2-4-14(17)20/h2-4,12H,5-11H2,1H3. The summed E-state index contributed by atoms with van der Waals surface area (Å²) in [5, 5.41) is 9.56. The number of nitrogens with zero attached hydrogens (tertiary/aromatic N) is 5. The van der Waals surface area contributed by atoms with E-state index in [9.17, 15) is 4.79 Å². The van der Waals surface area contributed by atoms with Crippen LogP contribution < -0.4 is 4.90 Å². The Balaban J connectivity index is 1.41. The number of para-hydroxylation sites is 1. The first-order chi connectivity index (χ1) is 12.5. The first kappa shape index (κ1) is 17.6. The van der Waals surface area contributed by atoms with Crippen LogP contribution in [0.4, 0.5) is 5.69 Å². The number of benzene rings is 1. The lowest BCUT2D eigenvalue weighted by Crippen LogP contribution is -2.51. The van der Waals surface area contributed by atoms with E-state index in [1.807, 2.05) is 30.1 Å². The van der Waals surface area contributed by atoms with Crippen molar-refractivity contribution in [3.05, 3.63) is 39.6 Å². The fourth-order valence-corrected chi connectivity index (χ4v) is 4.56. The highest BCUT2D eigenvalue weighted by atomic mass is 35.5. The Bertz CT molecular complexity index is 809. The molecule has 1 aliphatic carbocycles. The Morgan fingerprint density at radius 2 is 1.85 bits per heavy atom. The lowest BCUT2D eigenvalue weighted by molar-refractivity contribution is -0.136. The van der Waals surface area contributed by atoms with Gasteiger partial charge >= 0.3 is 0 Å². The van der Waals surface area contributed by atoms with Crippen molar-refractivity contribution in [1.82, 2.24) is 19.9 Å². The van der Waals surface area contributed by atoms with E-state index >= 15 is 0 Å². The monoisotopic (exact) mass is 393 g/mol. The number of piperazine rings is 1. The van der Waals surface area contributed by atoms with Gasteiger partial charge in [-0.2, -0.15) is 0 Å². The Kier molecular flexibility index (Phi) is 4.80. The highest BCUT2D eigenvalue weighted by Crippen LogP contribution is 2.34. The Hall–Kier alpha value is -1.79. The van der Waals surface area contributed by atoms with Crippen LogP contribution in [-0.4, -0.2) is 52.0 Å². The zero-order valence-electron chi connectivity index (χ0n) is 14.7. The first-order valence-electron chi connectivity index (χ1n) is 8.89. The van der Waals surface area contributed by atoms with Gasteiger partial charge in [-0.3, -0.25) is 9.48 Å². The van der Waals surface area contributed by atoms with Gasteiger partial charge in [0, 0.05) is 45.6 Å². The largest absolute Gasteiger partial charge is 0.366 e. The summed E-state index contributed by atoms with van der Waals surface area (Å²) in [4.78, 5) is 17.1. The molecule has 0 N–H and O–H groups in total. The number of hydrogen-bond donors (Lipinski definition) is 0. The summed E-state index contributed by atoms with van der Waals surface area (Å²) in [6, 6.07) is 5.54. The quantitative estimate of drug-likeness (QED) is 0.786. The van der Waals surface area contributed by atoms with Gasteiger partial charge in [0.05, 0.1) is 27.1 Å². The molecule has 1 aromatic heterocycles. The SMILES string of the molecule is Cn1nnc2c1CC(C(=O)N1CCN(c3c(Cl)cccc3Cl)CC1)CC2. The Labute approximate surface area is 162 Å². The zero-order chi connectivity index (χ0) is 18.3. The summed E-state index contributed by atoms with van der Waals surface area (Å²) in [5.74, 6) is 0.261. The molecule has 1 aromatic carbocycles. The molecular formula is C18H21Cl2N5O. The van der Waals surface area contributed by atoms with Crippen LogP contribution in [0.1, 0.15) is 17.8 Å². The third-order valence-corrected chi connectivity index (χ3v) is 6.00. The van der Waals surface area contributed by atoms with Crippen LogP contribution in [0.2, 0.25) is 10.0 Å². The number of hydrogen-bond acceptors (Lipinski definition) is 4. The third kappa shape index (κ3) is 3.16. The van der Waals surface area contributed by atoms with Crippen molar-refractivity contribution in [2.45, 2.75) is 19.3 Å². The zero-order valence-corrected chi connectivity index (χ0v) is 16.2. The van der Waals surface area contributed by atoms with Crippen LogP contribution in [-0.2, 0) is 24.7 Å². The minimum atomic E-state index is 0.0233. The molecule has 2 aromatic rings. The normalized spacial score (nSPS) is 20.2. The summed E-state index contributed by atoms with van der Waals surface area (Å²) in [6.45, 7) is 2.85. The minimum absolute atomic E-state index is 0.0233. The van der Waals surface area contributed by atoms with Crippen molar-refractivity contribution in [2.24, 2.45) is 13.0 Å². The molecule has 1 fully saturated rings. The molecule has 1 aliphatic heterocycles. The van der Waals surface area contributed by atoms with E-state index in [4.69, 9.17) is 23.2 Å². The van der Waals surface area contributed by atoms with Gasteiger partial charge in [-0.25, -0.2) is 0 Å². The van der Waals surface area contributed by atoms with Crippen LogP contribution in [0, 0.1) is 5.92 Å². The predicted octanol–water partition coefficient (Wildman–Crippen LogP) is 2.58. The second-order valence-corrected chi connectivity index (χ2v) is 7.74. The summed E-state index contributed by atoms with van der Waals surface area (Å²) in [6.07, 6.45) is 2.41. The van der Waals surface area contributed by atoms with E-state index in [1.54, 1.807) is 4.68 Å². The Morgan fingerprint density at radius 3 is 2.54 bits per heavy atom. The van der Waals surface area contributed by atoms with Crippen LogP contribution in [0.3, 0.4) is 0 Å². The topological polar surface area (TPSA) is 54.3 Å². The molecule has 0 radical (unpaired) electrons. The maximum absolute atomic E-state index is 13.0. The number of aryl methyl sites for hydroxylation is 2. The van der Waals surface area contributed by atoms with Gasteiger partial charge in [-0.1, -0.05) is 34.5 Å². The molecule has 1 amide bonds. The van der Waals surface area contributed by atoms with Gasteiger partial charge in [-0.05, 0) is 25.0 Å². The predicted molar refractivity (Wildman–Crippen MR) is 102 cm³/mol. The van der Waals surface area contributed by atoms with Gasteiger partial charge in [0.2, 0.25) is 5.91 Å². The summed E-state index contributed by atoms with van der Waals surface area (Å²) in [5.41, 5.74) is 3.00. The van der Waals surface area contributed by atoms with Crippen LogP contribution >= 0.6 is 23.2 Å². The number of carbonyl (C=O) groups excluding carboxylic acids is 1. The van der Waals surface area contributed by atoms with Crippen molar-refractivity contribution in [3.63, 3.8) is 0 Å². The molecule has 4 rings (SSSR count). The maximum atomic E-state index is 13.0. The molecule has 1 atom stereocenters. The second-order valence-electron chi connectivity index (χ2n) is 6.93. The van der Waals surface area contributed by atoms with Crippen LogP contribution in [0.5, 0.6) is 0 Å². The number of amides is 1. The van der Waals surface area contributed by atoms with E-state index in [0.29, 0.717) is 23.1 Å². The molecule has 0 saturated carbocycles. The molecule has 2 aliphatic rings. The average molecular weight is 394 g/mol. The van der Waals surface area contributed by atoms with Crippen molar-refractivity contribution < 1.29 is 4.79 Å². The van der Waals surface area contributed by atoms with Gasteiger partial charge in [-0.15, -0.1) is 5.10 Å². The molecule has 1 saturated heterocycles. The number of carbonyl (C=O) groups is 1. The average Bonchev–Trinajstić information content (AvgIpc) is 3.02. The summed E-state index contributed by atoms with van der Waals surface area (Å²) < 4.78 is 1.80. The molecule has 138 valence electrons. The van der Waals surface area contributed by atoms with Crippen molar-refractivity contribution >= 4 is 34.8 Å². The molecule has 0 spiro atoms. The third-order valence-electron chi connectivity index (χ3n) is 5.39. The maximum Gasteiger partial charge on any atom is 0.226 e. The minimum Gasteiger partial charge on any atom is -0.366 e. The molecule has 0 bridgehead atoms. The van der Waals surface area contributed by atoms with E-state index in [-0.39, 0.29) is 11.8 Å². The second kappa shape index (κ2) is 7.08. The molecule has 6 nitrogen and oxygen atoms in total. The van der Waals surface area contributed by atoms with Gasteiger partial charge in [0.15, 0.2) is 0 Å². The Morgan fingerprint density at radius 1 is 1.15 bits per heavy atom. The lowest BCUT2D eigenvalue weighted by atomic mass is 9.88. The molecule has 1 unspecified atom stereocenters. The molecular weight excluding hydrogens is 373 g/mol. The fourth-order valence-electron chi connectivity index (χ4n) is 3.92. The smallest absolute Gasteiger partial charge is 0.226 e. The first-order valence-corrected chi connectivity index (χ1v) is 9.65. The number of fused-ring (bicyclic) bond motifs is 1. The summed E-state index contributed by atoms with van der Waals surface area (Å²) in [7, 11) is 1.89. The van der Waals surface area contributed by atoms with Gasteiger partial charge in [0.1, 0.15) is 0 Å². The van der Waals surface area contributed by atoms with E-state index in [0.717, 1.165) is 49.4 Å². The number of aromatic nitrogens is 3. The van der Waals surface area contributed by atoms with Crippen molar-refractivity contribution in [2.75, 3.05) is 31.1 Å². The van der Waals surface area contributed by atoms with Crippen LogP contribution in [0.15, 0.2) is 18.2 Å². The van der Waals surface area contributed by atoms with E-state index in [1.165, 1.54) is 0 Å². The fraction of sp³-hybridized carbons (Fsp3) is 0.500. The van der Waals surface area contributed by atoms with Gasteiger partial charge < -0.3 is 9.80 Å². The molecule has 2 heterocycles. The molecule has 26 heavy (non-hydrogen) atoms. The highest BCUT2D eigenvalue weighted by molar-refractivity contribution is 6.39. The molecule has 8 heteroatoms. The number of halogens is 2. The lowest BCUT2D eigenvalue weighted by Gasteiger charge is -2.38. The van der Waals surface area contributed by atoms with E-state index < -0.39 is 0 Å². The van der Waals surface area contributed by atoms with E-state index in [2.05, 4.69) is 15.2 Å². The van der Waals surface area contributed by atoms with Crippen LogP contribution in [0.25, 0.3) is 0 Å². The highest BCUT2D eigenvalue weighted by Gasteiger charge is 2.32. The summed E-state index contributed by atoms with van der Waals surface area (Å²) >= 11 is 12.6.